The Morgan fingerprint density at radius 2 is 1.25 bits per heavy atom. The summed E-state index contributed by atoms with van der Waals surface area (Å²) in [7, 11) is 1.26. The Morgan fingerprint density at radius 1 is 0.778 bits per heavy atom. The van der Waals surface area contributed by atoms with Crippen molar-refractivity contribution in [3.8, 4) is 0 Å². The first kappa shape index (κ1) is 30.9. The lowest BCUT2D eigenvalue weighted by molar-refractivity contribution is -0.145. The smallest absolute Gasteiger partial charge is 0.408 e. The largest absolute Gasteiger partial charge is 0.467 e. The molecule has 1 aromatic rings. The predicted molar refractivity (Wildman–Crippen MR) is 138 cm³/mol. The van der Waals surface area contributed by atoms with Crippen LogP contribution in [0.1, 0.15) is 66.9 Å². The number of carbonyl (C=O) groups excluding carboxylic acids is 4. The molecule has 3 N–H and O–H groups in total. The lowest BCUT2D eigenvalue weighted by Crippen LogP contribution is -2.56. The van der Waals surface area contributed by atoms with Crippen LogP contribution < -0.4 is 16.0 Å². The molecule has 1 aromatic carbocycles. The van der Waals surface area contributed by atoms with Crippen LogP contribution in [0.3, 0.4) is 0 Å². The highest BCUT2D eigenvalue weighted by Gasteiger charge is 2.31. The van der Waals surface area contributed by atoms with E-state index in [1.807, 2.05) is 58.0 Å². The molecule has 9 heteroatoms. The van der Waals surface area contributed by atoms with Gasteiger partial charge in [-0.3, -0.25) is 9.59 Å². The summed E-state index contributed by atoms with van der Waals surface area (Å²) >= 11 is 0. The molecule has 3 amide bonds. The molecule has 0 aliphatic heterocycles. The Morgan fingerprint density at radius 3 is 1.69 bits per heavy atom. The Hall–Kier alpha value is -3.10. The maximum atomic E-state index is 13.2. The molecule has 0 radical (unpaired) electrons. The van der Waals surface area contributed by atoms with Gasteiger partial charge in [0.1, 0.15) is 23.7 Å². The van der Waals surface area contributed by atoms with Crippen molar-refractivity contribution in [2.24, 2.45) is 11.8 Å². The molecule has 0 unspecified atom stereocenters. The summed E-state index contributed by atoms with van der Waals surface area (Å²) in [4.78, 5) is 51.2. The molecule has 0 saturated carbocycles. The highest BCUT2D eigenvalue weighted by Crippen LogP contribution is 2.12. The van der Waals surface area contributed by atoms with Gasteiger partial charge in [0.05, 0.1) is 7.11 Å². The van der Waals surface area contributed by atoms with Gasteiger partial charge < -0.3 is 25.4 Å². The van der Waals surface area contributed by atoms with Crippen LogP contribution in [0.25, 0.3) is 0 Å². The molecular formula is C27H43N3O6. The molecular weight excluding hydrogens is 462 g/mol. The zero-order chi connectivity index (χ0) is 27.5. The number of amides is 3. The summed E-state index contributed by atoms with van der Waals surface area (Å²) in [5, 5.41) is 8.14. The van der Waals surface area contributed by atoms with Crippen LogP contribution in [0.2, 0.25) is 0 Å². The standard InChI is InChI=1S/C27H43N3O6/c1-17(2)14-20(23(31)29-22(25(33)35-8)16-19-12-10-9-11-13-19)28-24(32)21(15-18(3)4)30-26(34)36-27(5,6)7/h9-13,17-18,20-22H,14-16H2,1-8H3,(H,28,32)(H,29,31)(H,30,34)/t20-,21-,22-/m0/s1. The highest BCUT2D eigenvalue weighted by molar-refractivity contribution is 5.93. The molecule has 202 valence electrons. The molecule has 1 rings (SSSR count). The van der Waals surface area contributed by atoms with Gasteiger partial charge in [0, 0.05) is 6.42 Å². The molecule has 0 aliphatic carbocycles. The number of hydrogen-bond donors (Lipinski definition) is 3. The molecule has 0 heterocycles. The summed E-state index contributed by atoms with van der Waals surface area (Å²) in [5.74, 6) is -1.39. The van der Waals surface area contributed by atoms with Gasteiger partial charge in [-0.1, -0.05) is 58.0 Å². The second kappa shape index (κ2) is 14.5. The van der Waals surface area contributed by atoms with Crippen LogP contribution in [0, 0.1) is 11.8 Å². The van der Waals surface area contributed by atoms with Crippen LogP contribution in [0.5, 0.6) is 0 Å². The summed E-state index contributed by atoms with van der Waals surface area (Å²) in [5.41, 5.74) is 0.140. The molecule has 0 aliphatic rings. The quantitative estimate of drug-likeness (QED) is 0.375. The number of benzene rings is 1. The second-order valence-electron chi connectivity index (χ2n) is 10.8. The topological polar surface area (TPSA) is 123 Å². The van der Waals surface area contributed by atoms with Crippen molar-refractivity contribution < 1.29 is 28.7 Å². The number of alkyl carbamates (subject to hydrolysis) is 1. The van der Waals surface area contributed by atoms with Gasteiger partial charge in [0.2, 0.25) is 11.8 Å². The minimum absolute atomic E-state index is 0.0779. The fourth-order valence-corrected chi connectivity index (χ4v) is 3.59. The number of methoxy groups -OCH3 is 1. The van der Waals surface area contributed by atoms with E-state index < -0.39 is 47.6 Å². The molecule has 0 aromatic heterocycles. The SMILES string of the molecule is COC(=O)[C@H](Cc1ccccc1)NC(=O)[C@H](CC(C)C)NC(=O)[C@H](CC(C)C)NC(=O)OC(C)(C)C. The summed E-state index contributed by atoms with van der Waals surface area (Å²) in [6.07, 6.45) is 0.247. The maximum absolute atomic E-state index is 13.2. The van der Waals surface area contributed by atoms with E-state index >= 15 is 0 Å². The lowest BCUT2D eigenvalue weighted by Gasteiger charge is -2.27. The second-order valence-corrected chi connectivity index (χ2v) is 10.8. The first-order valence-corrected chi connectivity index (χ1v) is 12.4. The number of carbonyl (C=O) groups is 4. The zero-order valence-corrected chi connectivity index (χ0v) is 22.8. The van der Waals surface area contributed by atoms with Gasteiger partial charge in [-0.15, -0.1) is 0 Å². The minimum atomic E-state index is -0.914. The maximum Gasteiger partial charge on any atom is 0.408 e. The normalized spacial score (nSPS) is 13.9. The number of esters is 1. The molecule has 0 bridgehead atoms. The van der Waals surface area contributed by atoms with Crippen LogP contribution in [-0.2, 0) is 30.3 Å². The van der Waals surface area contributed by atoms with E-state index in [2.05, 4.69) is 16.0 Å². The van der Waals surface area contributed by atoms with Crippen molar-refractivity contribution in [1.82, 2.24) is 16.0 Å². The Balaban J connectivity index is 3.03. The third-order valence-electron chi connectivity index (χ3n) is 5.14. The number of rotatable bonds is 12. The first-order valence-electron chi connectivity index (χ1n) is 12.4. The van der Waals surface area contributed by atoms with Crippen molar-refractivity contribution in [3.63, 3.8) is 0 Å². The van der Waals surface area contributed by atoms with Crippen LogP contribution in [-0.4, -0.2) is 54.7 Å². The van der Waals surface area contributed by atoms with Crippen molar-refractivity contribution in [3.05, 3.63) is 35.9 Å². The average Bonchev–Trinajstić information content (AvgIpc) is 2.75. The summed E-state index contributed by atoms with van der Waals surface area (Å²) in [6.45, 7) is 12.9. The van der Waals surface area contributed by atoms with Crippen molar-refractivity contribution in [2.45, 2.75) is 91.5 Å². The molecule has 3 atom stereocenters. The lowest BCUT2D eigenvalue weighted by atomic mass is 9.99. The molecule has 36 heavy (non-hydrogen) atoms. The third-order valence-corrected chi connectivity index (χ3v) is 5.14. The van der Waals surface area contributed by atoms with Crippen LogP contribution >= 0.6 is 0 Å². The highest BCUT2D eigenvalue weighted by atomic mass is 16.6. The van der Waals surface area contributed by atoms with Crippen LogP contribution in [0.15, 0.2) is 30.3 Å². The fraction of sp³-hybridized carbons (Fsp3) is 0.630. The predicted octanol–water partition coefficient (Wildman–Crippen LogP) is 3.36. The van der Waals surface area contributed by atoms with Gasteiger partial charge in [0.15, 0.2) is 0 Å². The van der Waals surface area contributed by atoms with Gasteiger partial charge in [0.25, 0.3) is 0 Å². The molecule has 0 fully saturated rings. The van der Waals surface area contributed by atoms with E-state index in [1.165, 1.54) is 7.11 Å². The Kier molecular flexibility index (Phi) is 12.4. The van der Waals surface area contributed by atoms with E-state index in [4.69, 9.17) is 9.47 Å². The Labute approximate surface area is 215 Å². The Bertz CT molecular complexity index is 864. The molecule has 0 spiro atoms. The average molecular weight is 506 g/mol. The van der Waals surface area contributed by atoms with E-state index in [0.29, 0.717) is 12.8 Å². The van der Waals surface area contributed by atoms with Gasteiger partial charge in [-0.25, -0.2) is 9.59 Å². The monoisotopic (exact) mass is 505 g/mol. The van der Waals surface area contributed by atoms with Crippen LogP contribution in [0.4, 0.5) is 4.79 Å². The van der Waals surface area contributed by atoms with Gasteiger partial charge in [-0.2, -0.15) is 0 Å². The van der Waals surface area contributed by atoms with Gasteiger partial charge >= 0.3 is 12.1 Å². The molecule has 9 nitrogen and oxygen atoms in total. The number of nitrogens with one attached hydrogen (secondary N) is 3. The van der Waals surface area contributed by atoms with E-state index in [9.17, 15) is 19.2 Å². The summed E-state index contributed by atoms with van der Waals surface area (Å²) in [6, 6.07) is 6.56. The minimum Gasteiger partial charge on any atom is -0.467 e. The van der Waals surface area contributed by atoms with Crippen molar-refractivity contribution in [2.75, 3.05) is 7.11 Å². The third kappa shape index (κ3) is 12.0. The van der Waals surface area contributed by atoms with Crippen molar-refractivity contribution >= 4 is 23.9 Å². The summed E-state index contributed by atoms with van der Waals surface area (Å²) < 4.78 is 10.2. The fourth-order valence-electron chi connectivity index (χ4n) is 3.59. The number of ether oxygens (including phenoxy) is 2. The first-order chi connectivity index (χ1) is 16.7. The molecule has 0 saturated heterocycles. The van der Waals surface area contributed by atoms with E-state index in [-0.39, 0.29) is 18.3 Å². The zero-order valence-electron chi connectivity index (χ0n) is 22.8. The number of hydrogen-bond acceptors (Lipinski definition) is 6. The van der Waals surface area contributed by atoms with Crippen molar-refractivity contribution in [1.29, 1.82) is 0 Å². The van der Waals surface area contributed by atoms with E-state index in [1.54, 1.807) is 20.8 Å². The van der Waals surface area contributed by atoms with E-state index in [0.717, 1.165) is 5.56 Å². The van der Waals surface area contributed by atoms with Gasteiger partial charge in [-0.05, 0) is 51.0 Å².